The van der Waals surface area contributed by atoms with E-state index >= 15 is 0 Å². The molecule has 2 heterocycles. The van der Waals surface area contributed by atoms with Crippen LogP contribution in [0.4, 0.5) is 0 Å². The topological polar surface area (TPSA) is 59.3 Å². The molecule has 1 amide bonds. The molecule has 0 fully saturated rings. The van der Waals surface area contributed by atoms with E-state index in [1.165, 1.54) is 9.13 Å². The fraction of sp³-hybridized carbons (Fsp3) is 0.150. The zero-order valence-corrected chi connectivity index (χ0v) is 17.0. The van der Waals surface area contributed by atoms with Gasteiger partial charge >= 0.3 is 0 Å². The van der Waals surface area contributed by atoms with Crippen molar-refractivity contribution in [3.05, 3.63) is 80.4 Å². The van der Waals surface area contributed by atoms with Crippen LogP contribution in [0, 0.1) is 24.3 Å². The lowest BCUT2D eigenvalue weighted by molar-refractivity contribution is 0.0955. The minimum atomic E-state index is -0.259. The van der Waals surface area contributed by atoms with Crippen LogP contribution in [0.15, 0.2) is 53.9 Å². The van der Waals surface area contributed by atoms with Gasteiger partial charge in [-0.15, -0.1) is 0 Å². The highest BCUT2D eigenvalue weighted by Crippen LogP contribution is 2.22. The Hall–Kier alpha value is -2.48. The van der Waals surface area contributed by atoms with Crippen LogP contribution in [0.25, 0.3) is 5.69 Å². The molecular formula is C20H19IN4O. The zero-order chi connectivity index (χ0) is 18.7. The first kappa shape index (κ1) is 18.3. The lowest BCUT2D eigenvalue weighted by atomic mass is 10.2. The fourth-order valence-corrected chi connectivity index (χ4v) is 3.15. The lowest BCUT2D eigenvalue weighted by Gasteiger charge is -2.11. The van der Waals surface area contributed by atoms with Crippen molar-refractivity contribution in [2.45, 2.75) is 20.8 Å². The Labute approximate surface area is 166 Å². The highest BCUT2D eigenvalue weighted by Gasteiger charge is 2.10. The van der Waals surface area contributed by atoms with Gasteiger partial charge in [0, 0.05) is 44.2 Å². The predicted octanol–water partition coefficient (Wildman–Crippen LogP) is 4.17. The van der Waals surface area contributed by atoms with Gasteiger partial charge in [0.2, 0.25) is 0 Å². The number of carbonyl (C=O) groups excluding carboxylic acids is 1. The molecule has 0 atom stereocenters. The maximum absolute atomic E-state index is 12.0. The first-order valence-corrected chi connectivity index (χ1v) is 9.24. The Balaban J connectivity index is 1.81. The molecule has 3 rings (SSSR count). The molecule has 0 spiro atoms. The molecule has 132 valence electrons. The minimum absolute atomic E-state index is 0.259. The van der Waals surface area contributed by atoms with Crippen LogP contribution < -0.4 is 5.43 Å². The SMILES string of the molecule is Cc1cc(-n2c(C)cc(/C=N\NC(=O)c3ccncc3)c2C)ccc1I. The van der Waals surface area contributed by atoms with E-state index in [2.05, 4.69) is 80.8 Å². The smallest absolute Gasteiger partial charge is 0.271 e. The van der Waals surface area contributed by atoms with Crippen molar-refractivity contribution in [1.82, 2.24) is 15.0 Å². The number of pyridine rings is 1. The van der Waals surface area contributed by atoms with Gasteiger partial charge < -0.3 is 4.57 Å². The summed E-state index contributed by atoms with van der Waals surface area (Å²) in [7, 11) is 0. The van der Waals surface area contributed by atoms with Crippen molar-refractivity contribution < 1.29 is 4.79 Å². The average molecular weight is 458 g/mol. The largest absolute Gasteiger partial charge is 0.318 e. The first-order chi connectivity index (χ1) is 12.5. The molecule has 0 saturated heterocycles. The Kier molecular flexibility index (Phi) is 5.51. The zero-order valence-electron chi connectivity index (χ0n) is 14.8. The summed E-state index contributed by atoms with van der Waals surface area (Å²) in [6.07, 6.45) is 4.84. The van der Waals surface area contributed by atoms with Crippen molar-refractivity contribution in [2.75, 3.05) is 0 Å². The molecule has 0 unspecified atom stereocenters. The van der Waals surface area contributed by atoms with Gasteiger partial charge in [0.1, 0.15) is 0 Å². The number of halogens is 1. The lowest BCUT2D eigenvalue weighted by Crippen LogP contribution is -2.17. The van der Waals surface area contributed by atoms with Crippen LogP contribution >= 0.6 is 22.6 Å². The second-order valence-corrected chi connectivity index (χ2v) is 7.19. The molecule has 26 heavy (non-hydrogen) atoms. The van der Waals surface area contributed by atoms with E-state index in [4.69, 9.17) is 0 Å². The van der Waals surface area contributed by atoms with Gasteiger partial charge in [-0.05, 0) is 85.3 Å². The third kappa shape index (κ3) is 3.85. The summed E-state index contributed by atoms with van der Waals surface area (Å²) in [6.45, 7) is 6.22. The van der Waals surface area contributed by atoms with Crippen LogP contribution in [-0.4, -0.2) is 21.7 Å². The highest BCUT2D eigenvalue weighted by atomic mass is 127. The normalized spacial score (nSPS) is 11.1. The van der Waals surface area contributed by atoms with Gasteiger partial charge in [-0.3, -0.25) is 9.78 Å². The van der Waals surface area contributed by atoms with Gasteiger partial charge in [0.15, 0.2) is 0 Å². The van der Waals surface area contributed by atoms with Gasteiger partial charge in [-0.25, -0.2) is 5.43 Å². The van der Waals surface area contributed by atoms with Crippen molar-refractivity contribution in [2.24, 2.45) is 5.10 Å². The van der Waals surface area contributed by atoms with Crippen LogP contribution in [0.5, 0.6) is 0 Å². The van der Waals surface area contributed by atoms with Crippen LogP contribution in [0.1, 0.15) is 32.9 Å². The molecule has 0 aliphatic heterocycles. The van der Waals surface area contributed by atoms with E-state index in [0.717, 1.165) is 22.6 Å². The summed E-state index contributed by atoms with van der Waals surface area (Å²) < 4.78 is 3.43. The number of carbonyl (C=O) groups is 1. The maximum atomic E-state index is 12.0. The molecule has 0 bridgehead atoms. The van der Waals surface area contributed by atoms with Crippen LogP contribution in [-0.2, 0) is 0 Å². The van der Waals surface area contributed by atoms with E-state index in [9.17, 15) is 4.79 Å². The number of hydrazone groups is 1. The molecule has 2 aromatic heterocycles. The van der Waals surface area contributed by atoms with Gasteiger partial charge in [-0.2, -0.15) is 5.10 Å². The first-order valence-electron chi connectivity index (χ1n) is 8.16. The third-order valence-electron chi connectivity index (χ3n) is 4.18. The molecule has 5 nitrogen and oxygen atoms in total. The minimum Gasteiger partial charge on any atom is -0.318 e. The molecule has 6 heteroatoms. The van der Waals surface area contributed by atoms with Crippen molar-refractivity contribution in [3.63, 3.8) is 0 Å². The van der Waals surface area contributed by atoms with Gasteiger partial charge in [0.25, 0.3) is 5.91 Å². The van der Waals surface area contributed by atoms with E-state index in [1.807, 2.05) is 6.92 Å². The Morgan fingerprint density at radius 2 is 1.88 bits per heavy atom. The maximum Gasteiger partial charge on any atom is 0.271 e. The number of hydrogen-bond donors (Lipinski definition) is 1. The fourth-order valence-electron chi connectivity index (χ4n) is 2.81. The van der Waals surface area contributed by atoms with Crippen LogP contribution in [0.3, 0.4) is 0 Å². The van der Waals surface area contributed by atoms with Crippen molar-refractivity contribution >= 4 is 34.7 Å². The van der Waals surface area contributed by atoms with Crippen molar-refractivity contribution in [3.8, 4) is 5.69 Å². The molecule has 1 N–H and O–H groups in total. The van der Waals surface area contributed by atoms with E-state index < -0.39 is 0 Å². The molecule has 3 aromatic rings. The molecule has 0 aliphatic rings. The highest BCUT2D eigenvalue weighted by molar-refractivity contribution is 14.1. The average Bonchev–Trinajstić information content (AvgIpc) is 2.92. The number of rotatable bonds is 4. The van der Waals surface area contributed by atoms with Gasteiger partial charge in [0.05, 0.1) is 6.21 Å². The molecule has 1 aromatic carbocycles. The number of nitrogens with one attached hydrogen (secondary N) is 1. The summed E-state index contributed by atoms with van der Waals surface area (Å²) in [5.74, 6) is -0.259. The summed E-state index contributed by atoms with van der Waals surface area (Å²) in [5.41, 5.74) is 8.60. The number of aromatic nitrogens is 2. The summed E-state index contributed by atoms with van der Waals surface area (Å²) in [4.78, 5) is 15.9. The Morgan fingerprint density at radius 3 is 2.58 bits per heavy atom. The summed E-state index contributed by atoms with van der Waals surface area (Å²) in [5, 5.41) is 4.10. The standard InChI is InChI=1S/C20H19IN4O/c1-13-10-18(4-5-19(13)21)25-14(2)11-17(15(25)3)12-23-24-20(26)16-6-8-22-9-7-16/h4-12H,1-3H3,(H,24,26)/b23-12-. The van der Waals surface area contributed by atoms with E-state index in [0.29, 0.717) is 5.56 Å². The Morgan fingerprint density at radius 1 is 1.15 bits per heavy atom. The third-order valence-corrected chi connectivity index (χ3v) is 5.39. The summed E-state index contributed by atoms with van der Waals surface area (Å²) >= 11 is 2.34. The molecule has 0 saturated carbocycles. The number of aryl methyl sites for hydroxylation is 2. The molecule has 0 radical (unpaired) electrons. The second-order valence-electron chi connectivity index (χ2n) is 6.03. The van der Waals surface area contributed by atoms with Crippen molar-refractivity contribution in [1.29, 1.82) is 0 Å². The number of benzene rings is 1. The Bertz CT molecular complexity index is 977. The number of hydrogen-bond acceptors (Lipinski definition) is 3. The van der Waals surface area contributed by atoms with Gasteiger partial charge in [-0.1, -0.05) is 0 Å². The second kappa shape index (κ2) is 7.82. The summed E-state index contributed by atoms with van der Waals surface area (Å²) in [6, 6.07) is 11.8. The number of amides is 1. The predicted molar refractivity (Wildman–Crippen MR) is 112 cm³/mol. The van der Waals surface area contributed by atoms with E-state index in [-0.39, 0.29) is 5.91 Å². The molecule has 0 aliphatic carbocycles. The van der Waals surface area contributed by atoms with E-state index in [1.54, 1.807) is 30.7 Å². The van der Waals surface area contributed by atoms with Crippen LogP contribution in [0.2, 0.25) is 0 Å². The molecular weight excluding hydrogens is 439 g/mol. The number of nitrogens with zero attached hydrogens (tertiary/aromatic N) is 3. The quantitative estimate of drug-likeness (QED) is 0.363. The monoisotopic (exact) mass is 458 g/mol.